The Morgan fingerprint density at radius 3 is 2.75 bits per heavy atom. The molecule has 0 heterocycles. The quantitative estimate of drug-likeness (QED) is 0.643. The monoisotopic (exact) mass is 281 g/mol. The lowest BCUT2D eigenvalue weighted by Gasteiger charge is -2.24. The minimum absolute atomic E-state index is 0.225. The maximum atomic E-state index is 13.3. The fourth-order valence-corrected chi connectivity index (χ4v) is 2.69. The first-order chi connectivity index (χ1) is 9.56. The maximum absolute atomic E-state index is 13.3. The van der Waals surface area contributed by atoms with Crippen LogP contribution in [0.2, 0.25) is 0 Å². The molecule has 1 aromatic carbocycles. The molecule has 0 atom stereocenters. The fourth-order valence-electron chi connectivity index (χ4n) is 2.69. The van der Waals surface area contributed by atoms with Crippen molar-refractivity contribution in [3.63, 3.8) is 0 Å². The molecular weight excluding hydrogens is 261 g/mol. The highest BCUT2D eigenvalue weighted by atomic mass is 19.1. The number of nitrogens with one attached hydrogen (secondary N) is 1. The molecule has 0 bridgehead atoms. The van der Waals surface area contributed by atoms with Gasteiger partial charge in [-0.15, -0.1) is 0 Å². The normalized spacial score (nSPS) is 15.8. The number of non-ortho nitro benzene ring substituents is 1. The van der Waals surface area contributed by atoms with Gasteiger partial charge in [-0.3, -0.25) is 10.1 Å². The van der Waals surface area contributed by atoms with Gasteiger partial charge in [-0.1, -0.05) is 12.8 Å². The number of nitrogens with zero attached hydrogens (tertiary/aromatic N) is 2. The van der Waals surface area contributed by atoms with Gasteiger partial charge in [0, 0.05) is 30.9 Å². The third-order valence-corrected chi connectivity index (χ3v) is 3.84. The zero-order valence-electron chi connectivity index (χ0n) is 11.6. The van der Waals surface area contributed by atoms with Crippen molar-refractivity contribution in [3.05, 3.63) is 34.1 Å². The van der Waals surface area contributed by atoms with Crippen molar-refractivity contribution in [2.45, 2.75) is 31.7 Å². The number of benzene rings is 1. The lowest BCUT2D eigenvalue weighted by Crippen LogP contribution is -2.33. The highest BCUT2D eigenvalue weighted by Gasteiger charge is 2.18. The van der Waals surface area contributed by atoms with E-state index in [1.807, 2.05) is 0 Å². The third kappa shape index (κ3) is 3.90. The van der Waals surface area contributed by atoms with E-state index < -0.39 is 10.7 Å². The van der Waals surface area contributed by atoms with E-state index in [4.69, 9.17) is 0 Å². The Bertz CT molecular complexity index is 475. The van der Waals surface area contributed by atoms with Gasteiger partial charge in [0.1, 0.15) is 5.82 Å². The van der Waals surface area contributed by atoms with Gasteiger partial charge in [-0.25, -0.2) is 4.39 Å². The van der Waals surface area contributed by atoms with Crippen LogP contribution < -0.4 is 5.32 Å². The Kier molecular flexibility index (Phi) is 4.89. The second-order valence-electron chi connectivity index (χ2n) is 5.30. The highest BCUT2D eigenvalue weighted by molar-refractivity contribution is 5.51. The molecular formula is C14H20FN3O2. The molecule has 0 saturated heterocycles. The Hall–Kier alpha value is -1.69. The molecule has 1 N–H and O–H groups in total. The van der Waals surface area contributed by atoms with Crippen molar-refractivity contribution in [3.8, 4) is 0 Å². The number of nitro benzene ring substituents is 1. The molecule has 1 saturated carbocycles. The van der Waals surface area contributed by atoms with Crippen LogP contribution in [0.1, 0.15) is 25.7 Å². The SMILES string of the molecule is CN(CCNc1cc(F)cc([N+](=O)[O-])c1)C1CCCC1. The summed E-state index contributed by atoms with van der Waals surface area (Å²) in [7, 11) is 2.09. The zero-order chi connectivity index (χ0) is 14.5. The van der Waals surface area contributed by atoms with E-state index in [1.54, 1.807) is 0 Å². The number of hydrogen-bond donors (Lipinski definition) is 1. The van der Waals surface area contributed by atoms with Gasteiger partial charge in [-0.2, -0.15) is 0 Å². The average Bonchev–Trinajstić information content (AvgIpc) is 2.91. The molecule has 0 radical (unpaired) electrons. The molecule has 0 unspecified atom stereocenters. The van der Waals surface area contributed by atoms with Gasteiger partial charge in [0.2, 0.25) is 0 Å². The largest absolute Gasteiger partial charge is 0.383 e. The lowest BCUT2D eigenvalue weighted by molar-refractivity contribution is -0.385. The molecule has 1 fully saturated rings. The van der Waals surface area contributed by atoms with E-state index in [2.05, 4.69) is 17.3 Å². The number of hydrogen-bond acceptors (Lipinski definition) is 4. The maximum Gasteiger partial charge on any atom is 0.274 e. The Labute approximate surface area is 117 Å². The summed E-state index contributed by atoms with van der Waals surface area (Å²) in [5.74, 6) is -0.592. The number of anilines is 1. The van der Waals surface area contributed by atoms with Gasteiger partial charge < -0.3 is 10.2 Å². The fraction of sp³-hybridized carbons (Fsp3) is 0.571. The summed E-state index contributed by atoms with van der Waals surface area (Å²) < 4.78 is 13.3. The van der Waals surface area contributed by atoms with Crippen LogP contribution in [-0.4, -0.2) is 36.0 Å². The predicted octanol–water partition coefficient (Wildman–Crippen LogP) is 3.02. The first-order valence-corrected chi connectivity index (χ1v) is 6.95. The molecule has 0 amide bonds. The van der Waals surface area contributed by atoms with E-state index in [0.29, 0.717) is 18.3 Å². The van der Waals surface area contributed by atoms with Gasteiger partial charge in [0.25, 0.3) is 5.69 Å². The first-order valence-electron chi connectivity index (χ1n) is 6.95. The van der Waals surface area contributed by atoms with E-state index in [-0.39, 0.29) is 5.69 Å². The molecule has 6 heteroatoms. The van der Waals surface area contributed by atoms with Crippen molar-refractivity contribution in [1.29, 1.82) is 0 Å². The van der Waals surface area contributed by atoms with Crippen LogP contribution in [0.25, 0.3) is 0 Å². The van der Waals surface area contributed by atoms with Gasteiger partial charge in [0.05, 0.1) is 11.0 Å². The number of likely N-dealkylation sites (N-methyl/N-ethyl adjacent to an activating group) is 1. The molecule has 0 spiro atoms. The standard InChI is InChI=1S/C14H20FN3O2/c1-17(13-4-2-3-5-13)7-6-16-12-8-11(15)9-14(10-12)18(19)20/h8-10,13,16H,2-7H2,1H3. The first kappa shape index (κ1) is 14.7. The molecule has 1 aliphatic carbocycles. The predicted molar refractivity (Wildman–Crippen MR) is 76.4 cm³/mol. The summed E-state index contributed by atoms with van der Waals surface area (Å²) in [5.41, 5.74) is 0.230. The van der Waals surface area contributed by atoms with E-state index in [0.717, 1.165) is 12.6 Å². The Morgan fingerprint density at radius 1 is 1.40 bits per heavy atom. The van der Waals surface area contributed by atoms with E-state index in [9.17, 15) is 14.5 Å². The molecule has 1 aliphatic rings. The highest BCUT2D eigenvalue weighted by Crippen LogP contribution is 2.22. The number of halogens is 1. The molecule has 110 valence electrons. The van der Waals surface area contributed by atoms with E-state index >= 15 is 0 Å². The van der Waals surface area contributed by atoms with E-state index in [1.165, 1.54) is 37.8 Å². The number of nitro groups is 1. The minimum Gasteiger partial charge on any atom is -0.383 e. The van der Waals surface area contributed by atoms with Gasteiger partial charge in [-0.05, 0) is 26.0 Å². The van der Waals surface area contributed by atoms with Gasteiger partial charge in [0.15, 0.2) is 0 Å². The van der Waals surface area contributed by atoms with Gasteiger partial charge >= 0.3 is 0 Å². The van der Waals surface area contributed by atoms with Crippen LogP contribution in [0, 0.1) is 15.9 Å². The molecule has 5 nitrogen and oxygen atoms in total. The Balaban J connectivity index is 1.85. The average molecular weight is 281 g/mol. The Morgan fingerprint density at radius 2 is 2.10 bits per heavy atom. The van der Waals surface area contributed by atoms with Crippen molar-refractivity contribution < 1.29 is 9.31 Å². The van der Waals surface area contributed by atoms with Crippen LogP contribution in [0.4, 0.5) is 15.8 Å². The minimum atomic E-state index is -0.592. The molecule has 0 aliphatic heterocycles. The molecule has 1 aromatic rings. The van der Waals surface area contributed by atoms with Crippen LogP contribution in [0.15, 0.2) is 18.2 Å². The van der Waals surface area contributed by atoms with Crippen LogP contribution in [0.5, 0.6) is 0 Å². The lowest BCUT2D eigenvalue weighted by atomic mass is 10.2. The summed E-state index contributed by atoms with van der Waals surface area (Å²) in [6.45, 7) is 1.49. The summed E-state index contributed by atoms with van der Waals surface area (Å²) in [5, 5.41) is 13.7. The van der Waals surface area contributed by atoms with Crippen molar-refractivity contribution >= 4 is 11.4 Å². The zero-order valence-corrected chi connectivity index (χ0v) is 11.6. The van der Waals surface area contributed by atoms with Crippen LogP contribution in [0.3, 0.4) is 0 Å². The topological polar surface area (TPSA) is 58.4 Å². The van der Waals surface area contributed by atoms with Crippen LogP contribution >= 0.6 is 0 Å². The van der Waals surface area contributed by atoms with Crippen molar-refractivity contribution in [2.75, 3.05) is 25.5 Å². The molecule has 0 aromatic heterocycles. The summed E-state index contributed by atoms with van der Waals surface area (Å²) in [6, 6.07) is 4.20. The molecule has 20 heavy (non-hydrogen) atoms. The van der Waals surface area contributed by atoms with Crippen molar-refractivity contribution in [1.82, 2.24) is 4.90 Å². The second-order valence-corrected chi connectivity index (χ2v) is 5.30. The van der Waals surface area contributed by atoms with Crippen LogP contribution in [-0.2, 0) is 0 Å². The smallest absolute Gasteiger partial charge is 0.274 e. The molecule has 2 rings (SSSR count). The summed E-state index contributed by atoms with van der Waals surface area (Å²) >= 11 is 0. The number of rotatable bonds is 6. The van der Waals surface area contributed by atoms with Crippen molar-refractivity contribution in [2.24, 2.45) is 0 Å². The second kappa shape index (κ2) is 6.65. The summed E-state index contributed by atoms with van der Waals surface area (Å²) in [4.78, 5) is 12.4. The third-order valence-electron chi connectivity index (χ3n) is 3.84. The summed E-state index contributed by atoms with van der Waals surface area (Å²) in [6.07, 6.45) is 5.06.